The van der Waals surface area contributed by atoms with Gasteiger partial charge in [-0.1, -0.05) is 12.1 Å². The largest absolute Gasteiger partial charge is 0.459 e. The first-order valence-electron chi connectivity index (χ1n) is 9.69. The van der Waals surface area contributed by atoms with Crippen LogP contribution >= 0.6 is 0 Å². The number of furan rings is 1. The molecule has 3 N–H and O–H groups in total. The van der Waals surface area contributed by atoms with E-state index in [0.29, 0.717) is 25.4 Å². The van der Waals surface area contributed by atoms with E-state index in [0.717, 1.165) is 24.6 Å². The second kappa shape index (κ2) is 10.7. The normalized spacial score (nSPS) is 11.3. The standard InChI is InChI=1S/C21H26N6O2/c1-2-22-21(25-14-13-23-20(28)19-5-3-16-29-19)24-12-10-17-6-8-18(9-7-17)27-15-4-11-26-27/h3-9,11,15-16H,2,10,12-14H2,1H3,(H,23,28)(H2,22,24,25). The number of amides is 1. The van der Waals surface area contributed by atoms with Crippen molar-refractivity contribution in [1.29, 1.82) is 0 Å². The number of benzene rings is 1. The Labute approximate surface area is 170 Å². The summed E-state index contributed by atoms with van der Waals surface area (Å²) < 4.78 is 6.90. The summed E-state index contributed by atoms with van der Waals surface area (Å²) in [6.45, 7) is 4.48. The minimum atomic E-state index is -0.225. The summed E-state index contributed by atoms with van der Waals surface area (Å²) in [5.74, 6) is 0.814. The van der Waals surface area contributed by atoms with Crippen LogP contribution in [0.5, 0.6) is 0 Å². The highest BCUT2D eigenvalue weighted by Gasteiger charge is 2.06. The van der Waals surface area contributed by atoms with Crippen molar-refractivity contribution in [2.75, 3.05) is 26.2 Å². The number of carbonyl (C=O) groups is 1. The zero-order chi connectivity index (χ0) is 20.3. The molecule has 29 heavy (non-hydrogen) atoms. The van der Waals surface area contributed by atoms with Crippen LogP contribution in [0.4, 0.5) is 0 Å². The number of nitrogens with zero attached hydrogens (tertiary/aromatic N) is 3. The number of rotatable bonds is 9. The van der Waals surface area contributed by atoms with Crippen molar-refractivity contribution in [2.45, 2.75) is 13.3 Å². The molecule has 2 aromatic heterocycles. The zero-order valence-electron chi connectivity index (χ0n) is 16.5. The summed E-state index contributed by atoms with van der Waals surface area (Å²) in [4.78, 5) is 16.4. The monoisotopic (exact) mass is 394 g/mol. The maximum absolute atomic E-state index is 11.8. The molecular weight excluding hydrogens is 368 g/mol. The number of guanidine groups is 1. The van der Waals surface area contributed by atoms with Gasteiger partial charge in [-0.05, 0) is 49.2 Å². The summed E-state index contributed by atoms with van der Waals surface area (Å²) in [7, 11) is 0. The summed E-state index contributed by atoms with van der Waals surface area (Å²) in [6, 6.07) is 13.5. The lowest BCUT2D eigenvalue weighted by Crippen LogP contribution is -2.41. The first-order chi connectivity index (χ1) is 14.3. The fourth-order valence-electron chi connectivity index (χ4n) is 2.73. The third-order valence-corrected chi connectivity index (χ3v) is 4.17. The topological polar surface area (TPSA) is 96.5 Å². The van der Waals surface area contributed by atoms with Crippen LogP contribution in [0, 0.1) is 0 Å². The van der Waals surface area contributed by atoms with Crippen LogP contribution in [0.3, 0.4) is 0 Å². The van der Waals surface area contributed by atoms with Crippen LogP contribution in [-0.4, -0.2) is 47.8 Å². The number of hydrogen-bond donors (Lipinski definition) is 3. The second-order valence-electron chi connectivity index (χ2n) is 6.29. The highest BCUT2D eigenvalue weighted by molar-refractivity contribution is 5.91. The molecule has 152 valence electrons. The fraction of sp³-hybridized carbons (Fsp3) is 0.286. The smallest absolute Gasteiger partial charge is 0.287 e. The van der Waals surface area contributed by atoms with Gasteiger partial charge < -0.3 is 20.4 Å². The average molecular weight is 394 g/mol. The molecule has 0 saturated heterocycles. The van der Waals surface area contributed by atoms with E-state index in [9.17, 15) is 4.79 Å². The molecule has 0 fully saturated rings. The molecule has 1 amide bonds. The van der Waals surface area contributed by atoms with Crippen LogP contribution in [-0.2, 0) is 6.42 Å². The number of aliphatic imine (C=N–C) groups is 1. The van der Waals surface area contributed by atoms with Gasteiger partial charge in [-0.15, -0.1) is 0 Å². The van der Waals surface area contributed by atoms with Gasteiger partial charge in [-0.2, -0.15) is 5.10 Å². The van der Waals surface area contributed by atoms with E-state index in [1.807, 2.05) is 23.9 Å². The van der Waals surface area contributed by atoms with Crippen molar-refractivity contribution < 1.29 is 9.21 Å². The van der Waals surface area contributed by atoms with Crippen LogP contribution in [0.25, 0.3) is 5.69 Å². The summed E-state index contributed by atoms with van der Waals surface area (Å²) >= 11 is 0. The molecule has 0 bridgehead atoms. The molecule has 0 saturated carbocycles. The lowest BCUT2D eigenvalue weighted by molar-refractivity contribution is 0.0926. The number of nitrogens with one attached hydrogen (secondary N) is 3. The average Bonchev–Trinajstić information content (AvgIpc) is 3.46. The number of carbonyl (C=O) groups excluding carboxylic acids is 1. The number of hydrogen-bond acceptors (Lipinski definition) is 4. The minimum absolute atomic E-state index is 0.225. The molecule has 0 aliphatic heterocycles. The van der Waals surface area contributed by atoms with Gasteiger partial charge in [-0.25, -0.2) is 4.68 Å². The van der Waals surface area contributed by atoms with E-state index >= 15 is 0 Å². The Kier molecular flexibility index (Phi) is 7.45. The fourth-order valence-corrected chi connectivity index (χ4v) is 2.73. The molecule has 3 rings (SSSR count). The van der Waals surface area contributed by atoms with Crippen LogP contribution in [0.15, 0.2) is 70.5 Å². The molecule has 0 unspecified atom stereocenters. The van der Waals surface area contributed by atoms with E-state index in [1.165, 1.54) is 11.8 Å². The molecule has 8 nitrogen and oxygen atoms in total. The Morgan fingerprint density at radius 1 is 1.10 bits per heavy atom. The van der Waals surface area contributed by atoms with E-state index in [4.69, 9.17) is 4.42 Å². The Bertz CT molecular complexity index is 886. The Hall–Kier alpha value is -3.55. The second-order valence-corrected chi connectivity index (χ2v) is 6.29. The molecule has 2 heterocycles. The highest BCUT2D eigenvalue weighted by Crippen LogP contribution is 2.09. The van der Waals surface area contributed by atoms with Crippen LogP contribution in [0.1, 0.15) is 23.0 Å². The lowest BCUT2D eigenvalue weighted by Gasteiger charge is -2.11. The van der Waals surface area contributed by atoms with Gasteiger partial charge in [-0.3, -0.25) is 9.79 Å². The van der Waals surface area contributed by atoms with Gasteiger partial charge in [0.1, 0.15) is 0 Å². The van der Waals surface area contributed by atoms with Gasteiger partial charge >= 0.3 is 0 Å². The molecule has 0 aliphatic rings. The van der Waals surface area contributed by atoms with Crippen molar-refractivity contribution in [1.82, 2.24) is 25.7 Å². The SMILES string of the molecule is CCNC(=NCCc1ccc(-n2cccn2)cc1)NCCNC(=O)c1ccco1. The van der Waals surface area contributed by atoms with Gasteiger partial charge in [0, 0.05) is 38.6 Å². The van der Waals surface area contributed by atoms with Crippen molar-refractivity contribution in [3.8, 4) is 5.69 Å². The third-order valence-electron chi connectivity index (χ3n) is 4.17. The highest BCUT2D eigenvalue weighted by atomic mass is 16.3. The van der Waals surface area contributed by atoms with Crippen molar-refractivity contribution in [2.24, 2.45) is 4.99 Å². The molecular formula is C21H26N6O2. The summed E-state index contributed by atoms with van der Waals surface area (Å²) in [5.41, 5.74) is 2.25. The summed E-state index contributed by atoms with van der Waals surface area (Å²) in [5, 5.41) is 13.5. The van der Waals surface area contributed by atoms with E-state index in [-0.39, 0.29) is 5.91 Å². The molecule has 0 radical (unpaired) electrons. The van der Waals surface area contributed by atoms with Crippen LogP contribution in [0.2, 0.25) is 0 Å². The number of aromatic nitrogens is 2. The van der Waals surface area contributed by atoms with Crippen molar-refractivity contribution in [3.63, 3.8) is 0 Å². The molecule has 1 aromatic carbocycles. The predicted octanol–water partition coefficient (Wildman–Crippen LogP) is 1.99. The van der Waals surface area contributed by atoms with Crippen molar-refractivity contribution in [3.05, 3.63) is 72.4 Å². The maximum Gasteiger partial charge on any atom is 0.287 e. The molecule has 0 spiro atoms. The third kappa shape index (κ3) is 6.24. The minimum Gasteiger partial charge on any atom is -0.459 e. The van der Waals surface area contributed by atoms with Gasteiger partial charge in [0.15, 0.2) is 11.7 Å². The van der Waals surface area contributed by atoms with Gasteiger partial charge in [0.05, 0.1) is 12.0 Å². The molecule has 0 atom stereocenters. The lowest BCUT2D eigenvalue weighted by atomic mass is 10.1. The quantitative estimate of drug-likeness (QED) is 0.293. The first kappa shape index (κ1) is 20.2. The molecule has 8 heteroatoms. The Morgan fingerprint density at radius 3 is 2.62 bits per heavy atom. The molecule has 3 aromatic rings. The summed E-state index contributed by atoms with van der Waals surface area (Å²) in [6.07, 6.45) is 6.00. The van der Waals surface area contributed by atoms with Crippen LogP contribution < -0.4 is 16.0 Å². The zero-order valence-corrected chi connectivity index (χ0v) is 16.5. The first-order valence-corrected chi connectivity index (χ1v) is 9.69. The van der Waals surface area contributed by atoms with E-state index < -0.39 is 0 Å². The van der Waals surface area contributed by atoms with E-state index in [2.05, 4.69) is 50.3 Å². The maximum atomic E-state index is 11.8. The van der Waals surface area contributed by atoms with Crippen molar-refractivity contribution >= 4 is 11.9 Å². The Balaban J connectivity index is 1.42. The predicted molar refractivity (Wildman–Crippen MR) is 112 cm³/mol. The van der Waals surface area contributed by atoms with E-state index in [1.54, 1.807) is 18.3 Å². The van der Waals surface area contributed by atoms with Gasteiger partial charge in [0.25, 0.3) is 5.91 Å². The Morgan fingerprint density at radius 2 is 1.93 bits per heavy atom. The van der Waals surface area contributed by atoms with Gasteiger partial charge in [0.2, 0.25) is 0 Å². The molecule has 0 aliphatic carbocycles.